The Morgan fingerprint density at radius 3 is 2.71 bits per heavy atom. The summed E-state index contributed by atoms with van der Waals surface area (Å²) in [5.74, 6) is -0.451. The molecule has 0 aromatic heterocycles. The smallest absolute Gasteiger partial charge is 0.251 e. The molecule has 0 radical (unpaired) electrons. The minimum absolute atomic E-state index is 0.0467. The zero-order valence-corrected chi connectivity index (χ0v) is 8.38. The van der Waals surface area contributed by atoms with Gasteiger partial charge in [-0.25, -0.2) is 0 Å². The van der Waals surface area contributed by atoms with Crippen LogP contribution in [0.15, 0.2) is 36.1 Å². The minimum Gasteiger partial charge on any atom is -0.512 e. The number of aliphatic hydroxyl groups is 1. The van der Waals surface area contributed by atoms with Gasteiger partial charge in [0.15, 0.2) is 0 Å². The van der Waals surface area contributed by atoms with Crippen LogP contribution in [0, 0.1) is 0 Å². The predicted molar refractivity (Wildman–Crippen MR) is 56.5 cm³/mol. The third-order valence-electron chi connectivity index (χ3n) is 1.47. The van der Waals surface area contributed by atoms with E-state index in [1.807, 2.05) is 0 Å². The fourth-order valence-electron chi connectivity index (χ4n) is 0.921. The molecule has 74 valence electrons. The lowest BCUT2D eigenvalue weighted by molar-refractivity contribution is -0.112. The molecule has 0 heterocycles. The van der Waals surface area contributed by atoms with Gasteiger partial charge in [0.05, 0.1) is 16.5 Å². The zero-order valence-electron chi connectivity index (χ0n) is 7.62. The maximum Gasteiger partial charge on any atom is 0.251 e. The Balaban J connectivity index is 2.75. The fourth-order valence-corrected chi connectivity index (χ4v) is 1.10. The van der Waals surface area contributed by atoms with Crippen LogP contribution in [-0.4, -0.2) is 11.0 Å². The number of benzene rings is 1. The molecular formula is C10H10ClNO2. The molecule has 0 saturated carbocycles. The fraction of sp³-hybridized carbons (Fsp3) is 0.100. The van der Waals surface area contributed by atoms with E-state index in [4.69, 9.17) is 16.7 Å². The van der Waals surface area contributed by atoms with Crippen molar-refractivity contribution in [2.45, 2.75) is 6.92 Å². The van der Waals surface area contributed by atoms with Gasteiger partial charge in [0.1, 0.15) is 0 Å². The Morgan fingerprint density at radius 1 is 1.50 bits per heavy atom. The molecule has 0 aliphatic heterocycles. The molecule has 0 fully saturated rings. The third-order valence-corrected chi connectivity index (χ3v) is 1.80. The number of amides is 1. The number of nitrogens with one attached hydrogen (secondary N) is 1. The van der Waals surface area contributed by atoms with Gasteiger partial charge in [-0.05, 0) is 19.1 Å². The summed E-state index contributed by atoms with van der Waals surface area (Å²) in [6, 6.07) is 6.88. The Labute approximate surface area is 87.0 Å². The molecule has 0 aliphatic carbocycles. The van der Waals surface area contributed by atoms with Crippen molar-refractivity contribution in [2.24, 2.45) is 0 Å². The molecule has 0 unspecified atom stereocenters. The van der Waals surface area contributed by atoms with Crippen molar-refractivity contribution in [3.8, 4) is 0 Å². The van der Waals surface area contributed by atoms with Gasteiger partial charge in [0, 0.05) is 6.08 Å². The van der Waals surface area contributed by atoms with E-state index >= 15 is 0 Å². The lowest BCUT2D eigenvalue weighted by Crippen LogP contribution is -2.08. The van der Waals surface area contributed by atoms with Crippen molar-refractivity contribution in [1.82, 2.24) is 0 Å². The van der Waals surface area contributed by atoms with Crippen LogP contribution in [0.3, 0.4) is 0 Å². The van der Waals surface area contributed by atoms with Gasteiger partial charge in [-0.3, -0.25) is 4.79 Å². The van der Waals surface area contributed by atoms with E-state index in [1.54, 1.807) is 24.3 Å². The highest BCUT2D eigenvalue weighted by atomic mass is 35.5. The average Bonchev–Trinajstić information content (AvgIpc) is 2.07. The van der Waals surface area contributed by atoms with Gasteiger partial charge in [0.2, 0.25) is 0 Å². The normalized spacial score (nSPS) is 11.1. The molecule has 1 amide bonds. The number of halogens is 1. The second-order valence-electron chi connectivity index (χ2n) is 2.75. The average molecular weight is 212 g/mol. The largest absolute Gasteiger partial charge is 0.512 e. The Hall–Kier alpha value is -1.48. The highest BCUT2D eigenvalue weighted by Crippen LogP contribution is 2.20. The molecule has 0 bridgehead atoms. The Morgan fingerprint density at radius 2 is 2.14 bits per heavy atom. The second-order valence-corrected chi connectivity index (χ2v) is 3.16. The quantitative estimate of drug-likeness (QED) is 0.584. The van der Waals surface area contributed by atoms with E-state index in [1.165, 1.54) is 6.92 Å². The molecule has 0 spiro atoms. The van der Waals surface area contributed by atoms with E-state index in [9.17, 15) is 4.79 Å². The summed E-state index contributed by atoms with van der Waals surface area (Å²) in [5.41, 5.74) is 0.525. The van der Waals surface area contributed by atoms with Crippen LogP contribution < -0.4 is 5.32 Å². The molecule has 4 heteroatoms. The lowest BCUT2D eigenvalue weighted by Gasteiger charge is -2.03. The molecule has 3 nitrogen and oxygen atoms in total. The van der Waals surface area contributed by atoms with Gasteiger partial charge in [-0.2, -0.15) is 0 Å². The van der Waals surface area contributed by atoms with Gasteiger partial charge in [0.25, 0.3) is 5.91 Å². The van der Waals surface area contributed by atoms with Gasteiger partial charge < -0.3 is 10.4 Å². The van der Waals surface area contributed by atoms with Gasteiger partial charge in [-0.1, -0.05) is 23.7 Å². The first kappa shape index (κ1) is 10.6. The molecular weight excluding hydrogens is 202 g/mol. The number of aliphatic hydroxyl groups excluding tert-OH is 1. The van der Waals surface area contributed by atoms with Crippen molar-refractivity contribution in [1.29, 1.82) is 0 Å². The van der Waals surface area contributed by atoms with Crippen molar-refractivity contribution < 1.29 is 9.90 Å². The number of rotatable bonds is 2. The van der Waals surface area contributed by atoms with Crippen LogP contribution in [-0.2, 0) is 4.79 Å². The number of allylic oxidation sites excluding steroid dienone is 1. The summed E-state index contributed by atoms with van der Waals surface area (Å²) in [7, 11) is 0. The van der Waals surface area contributed by atoms with E-state index in [2.05, 4.69) is 5.32 Å². The topological polar surface area (TPSA) is 49.3 Å². The highest BCUT2D eigenvalue weighted by molar-refractivity contribution is 6.33. The maximum absolute atomic E-state index is 11.2. The van der Waals surface area contributed by atoms with Gasteiger partial charge in [-0.15, -0.1) is 0 Å². The maximum atomic E-state index is 11.2. The summed E-state index contributed by atoms with van der Waals surface area (Å²) >= 11 is 5.81. The summed E-state index contributed by atoms with van der Waals surface area (Å²) in [4.78, 5) is 11.2. The zero-order chi connectivity index (χ0) is 10.6. The van der Waals surface area contributed by atoms with Crippen molar-refractivity contribution in [3.63, 3.8) is 0 Å². The van der Waals surface area contributed by atoms with Gasteiger partial charge >= 0.3 is 0 Å². The van der Waals surface area contributed by atoms with E-state index in [0.717, 1.165) is 6.08 Å². The first-order valence-corrected chi connectivity index (χ1v) is 4.40. The van der Waals surface area contributed by atoms with E-state index in [-0.39, 0.29) is 5.76 Å². The number of hydrogen-bond acceptors (Lipinski definition) is 2. The lowest BCUT2D eigenvalue weighted by atomic mass is 10.3. The second kappa shape index (κ2) is 4.67. The minimum atomic E-state index is -0.405. The van der Waals surface area contributed by atoms with Crippen molar-refractivity contribution >= 4 is 23.2 Å². The summed E-state index contributed by atoms with van der Waals surface area (Å²) in [5, 5.41) is 11.8. The number of anilines is 1. The molecule has 0 atom stereocenters. The van der Waals surface area contributed by atoms with E-state index in [0.29, 0.717) is 10.7 Å². The van der Waals surface area contributed by atoms with Crippen LogP contribution in [0.1, 0.15) is 6.92 Å². The van der Waals surface area contributed by atoms with Crippen molar-refractivity contribution in [3.05, 3.63) is 41.1 Å². The first-order valence-electron chi connectivity index (χ1n) is 4.02. The Bertz CT molecular complexity index is 370. The molecule has 1 aromatic carbocycles. The Kier molecular flexibility index (Phi) is 3.54. The van der Waals surface area contributed by atoms with Crippen LogP contribution in [0.4, 0.5) is 5.69 Å². The highest BCUT2D eigenvalue weighted by Gasteiger charge is 2.02. The van der Waals surface area contributed by atoms with E-state index < -0.39 is 5.91 Å². The van der Waals surface area contributed by atoms with Crippen LogP contribution >= 0.6 is 11.6 Å². The van der Waals surface area contributed by atoms with Crippen LogP contribution in [0.25, 0.3) is 0 Å². The monoisotopic (exact) mass is 211 g/mol. The molecule has 1 aromatic rings. The summed E-state index contributed by atoms with van der Waals surface area (Å²) in [6.45, 7) is 1.42. The number of para-hydroxylation sites is 1. The molecule has 0 aliphatic rings. The van der Waals surface area contributed by atoms with Crippen molar-refractivity contribution in [2.75, 3.05) is 5.32 Å². The van der Waals surface area contributed by atoms with Crippen LogP contribution in [0.5, 0.6) is 0 Å². The summed E-state index contributed by atoms with van der Waals surface area (Å²) < 4.78 is 0. The molecule has 14 heavy (non-hydrogen) atoms. The standard InChI is InChI=1S/C10H10ClNO2/c1-7(13)6-10(14)12-9-5-3-2-4-8(9)11/h2-6,13H,1H3,(H,12,14)/b7-6-. The number of hydrogen-bond donors (Lipinski definition) is 2. The summed E-state index contributed by atoms with van der Waals surface area (Å²) in [6.07, 6.45) is 1.09. The number of carbonyl (C=O) groups is 1. The molecule has 1 rings (SSSR count). The molecule has 0 saturated heterocycles. The number of carbonyl (C=O) groups excluding carboxylic acids is 1. The first-order chi connectivity index (χ1) is 6.59. The van der Waals surface area contributed by atoms with Crippen LogP contribution in [0.2, 0.25) is 5.02 Å². The molecule has 2 N–H and O–H groups in total. The predicted octanol–water partition coefficient (Wildman–Crippen LogP) is 2.74. The third kappa shape index (κ3) is 3.11. The SMILES string of the molecule is C/C(O)=C/C(=O)Nc1ccccc1Cl.